The first-order valence-electron chi connectivity index (χ1n) is 0.610. The maximum atomic E-state index is 4.82. The molecule has 0 atom stereocenters. The van der Waals surface area contributed by atoms with Crippen molar-refractivity contribution in [2.45, 2.75) is 0 Å². The van der Waals surface area contributed by atoms with Crippen LogP contribution >= 0.6 is 9.27 Å². The summed E-state index contributed by atoms with van der Waals surface area (Å²) in [5.74, 6) is 0. The zero-order chi connectivity index (χ0) is 4.71. The molecule has 0 aliphatic heterocycles. The molecule has 0 fully saturated rings. The third kappa shape index (κ3) is 25.4. The molecule has 3 heteroatoms. The summed E-state index contributed by atoms with van der Waals surface area (Å²) in [6, 6.07) is 0. The van der Waals surface area contributed by atoms with Crippen LogP contribution in [0.3, 0.4) is 0 Å². The molecule has 0 aliphatic rings. The van der Waals surface area contributed by atoms with Crippen molar-refractivity contribution in [3.05, 3.63) is 13.2 Å². The normalized spacial score (nSPS) is 5.20. The van der Waals surface area contributed by atoms with E-state index in [1.54, 1.807) is 0 Å². The first-order chi connectivity index (χ1) is 2.41. The van der Waals surface area contributed by atoms with E-state index in [1.165, 1.54) is 0 Å². The molecular weight excluding hydrogens is 268 g/mol. The van der Waals surface area contributed by atoms with Gasteiger partial charge in [0.15, 0.2) is 0 Å². The molecular formula is C2H3Cl2Yb-. The van der Waals surface area contributed by atoms with Gasteiger partial charge in [0.25, 0.3) is 0 Å². The predicted octanol–water partition coefficient (Wildman–Crippen LogP) is 1.98. The van der Waals surface area contributed by atoms with Gasteiger partial charge >= 0.3 is 48.2 Å². The van der Waals surface area contributed by atoms with Crippen LogP contribution in [0.25, 0.3) is 0 Å². The molecule has 0 N–H and O–H groups in total. The van der Waals surface area contributed by atoms with E-state index < -0.39 is 0 Å². The van der Waals surface area contributed by atoms with Gasteiger partial charge in [0.1, 0.15) is 0 Å². The minimum atomic E-state index is -0.139. The van der Waals surface area contributed by atoms with Crippen molar-refractivity contribution in [1.29, 1.82) is 0 Å². The van der Waals surface area contributed by atoms with E-state index in [0.717, 1.165) is 0 Å². The van der Waals surface area contributed by atoms with Crippen molar-refractivity contribution >= 4 is 9.27 Å². The van der Waals surface area contributed by atoms with E-state index in [1.807, 2.05) is 0 Å². The summed E-state index contributed by atoms with van der Waals surface area (Å²) < 4.78 is 9.64. The van der Waals surface area contributed by atoms with Crippen LogP contribution in [0, 0.1) is 45.5 Å². The van der Waals surface area contributed by atoms with Crippen molar-refractivity contribution in [1.82, 2.24) is 0 Å². The van der Waals surface area contributed by atoms with Crippen LogP contribution < -0.4 is 0 Å². The van der Waals surface area contributed by atoms with Crippen molar-refractivity contribution < 1.29 is 38.9 Å². The molecule has 0 bridgehead atoms. The monoisotopic (exact) mass is 271 g/mol. The van der Waals surface area contributed by atoms with Gasteiger partial charge in [0, 0.05) is 0 Å². The summed E-state index contributed by atoms with van der Waals surface area (Å²) in [6.45, 7) is 7.00. The third-order valence-electron chi connectivity index (χ3n) is 0. The quantitative estimate of drug-likeness (QED) is 0.591. The molecule has 5 heavy (non-hydrogen) atoms. The van der Waals surface area contributed by atoms with E-state index >= 15 is 0 Å². The van der Waals surface area contributed by atoms with Gasteiger partial charge in [0.05, 0.1) is 0 Å². The Bertz CT molecular complexity index is 11.6. The number of hydrogen-bond acceptors (Lipinski definition) is 0. The number of halogens is 2. The van der Waals surface area contributed by atoms with Crippen LogP contribution in [0.1, 0.15) is 0 Å². The molecule has 0 unspecified atom stereocenters. The average Bonchev–Trinajstić information content (AvgIpc) is 1.46. The Kier molecular flexibility index (Phi) is 33.8. The Balaban J connectivity index is 0. The Morgan fingerprint density at radius 2 is 1.40 bits per heavy atom. The van der Waals surface area contributed by atoms with Gasteiger partial charge in [-0.2, -0.15) is 0 Å². The Morgan fingerprint density at radius 3 is 1.40 bits per heavy atom. The van der Waals surface area contributed by atoms with Gasteiger partial charge in [-0.25, -0.2) is 0 Å². The molecule has 0 amide bonds. The van der Waals surface area contributed by atoms with Crippen molar-refractivity contribution in [3.63, 3.8) is 0 Å². The van der Waals surface area contributed by atoms with Crippen molar-refractivity contribution in [2.24, 2.45) is 0 Å². The summed E-state index contributed by atoms with van der Waals surface area (Å²) in [5, 5.41) is 0. The Hall–Kier alpha value is 1.84. The van der Waals surface area contributed by atoms with Gasteiger partial charge < -0.3 is 6.58 Å². The fourth-order valence-corrected chi connectivity index (χ4v) is 0. The van der Waals surface area contributed by atoms with Gasteiger partial charge in [-0.05, 0) is 0 Å². The fourth-order valence-electron chi connectivity index (χ4n) is 0. The van der Waals surface area contributed by atoms with Crippen LogP contribution in [-0.4, -0.2) is 0 Å². The van der Waals surface area contributed by atoms with Crippen LogP contribution in [0.4, 0.5) is 0 Å². The average molecular weight is 271 g/mol. The van der Waals surface area contributed by atoms with E-state index in [2.05, 4.69) is 13.2 Å². The maximum absolute atomic E-state index is 4.82. The molecule has 40 valence electrons. The molecule has 0 aliphatic carbocycles. The first-order valence-corrected chi connectivity index (χ1v) is 4.90. The molecule has 0 radical (unpaired) electrons. The van der Waals surface area contributed by atoms with Crippen molar-refractivity contribution in [2.75, 3.05) is 0 Å². The molecule has 0 saturated heterocycles. The van der Waals surface area contributed by atoms with Gasteiger partial charge in [0.2, 0.25) is 0 Å². The molecule has 0 nitrogen and oxygen atoms in total. The van der Waals surface area contributed by atoms with Gasteiger partial charge in [-0.15, -0.1) is 0 Å². The van der Waals surface area contributed by atoms with Crippen LogP contribution in [0.2, 0.25) is 0 Å². The summed E-state index contributed by atoms with van der Waals surface area (Å²) in [6.07, 6.45) is 0. The predicted molar refractivity (Wildman–Crippen MR) is 21.6 cm³/mol. The molecule has 0 aromatic rings. The van der Waals surface area contributed by atoms with Crippen LogP contribution in [0.15, 0.2) is 6.58 Å². The van der Waals surface area contributed by atoms with Gasteiger partial charge in [-0.3, -0.25) is 6.58 Å². The standard InChI is InChI=1S/C2H3.2ClH.Yb/c1-2;;;/h1H,2H2;2*1H;/q-1;;;+2/p-2. The molecule has 0 heterocycles. The minimum absolute atomic E-state index is 0.139. The summed E-state index contributed by atoms with van der Waals surface area (Å²) in [5.41, 5.74) is 0. The first kappa shape index (κ1) is 9.96. The summed E-state index contributed by atoms with van der Waals surface area (Å²) in [7, 11) is 0. The molecule has 0 aromatic heterocycles. The van der Waals surface area contributed by atoms with Gasteiger partial charge in [-0.1, -0.05) is 0 Å². The summed E-state index contributed by atoms with van der Waals surface area (Å²) in [4.78, 5) is 0. The second kappa shape index (κ2) is 17.0. The van der Waals surface area contributed by atoms with E-state index in [0.29, 0.717) is 0 Å². The van der Waals surface area contributed by atoms with E-state index in [-0.39, 0.29) is 38.9 Å². The molecule has 0 aromatic carbocycles. The fraction of sp³-hybridized carbons (Fsp3) is 0. The Morgan fingerprint density at radius 1 is 1.40 bits per heavy atom. The topological polar surface area (TPSA) is 0 Å². The van der Waals surface area contributed by atoms with Crippen molar-refractivity contribution in [3.8, 4) is 0 Å². The van der Waals surface area contributed by atoms with Crippen LogP contribution in [-0.2, 0) is 0 Å². The zero-order valence-electron chi connectivity index (χ0n) is 2.31. The third-order valence-corrected chi connectivity index (χ3v) is 0. The summed E-state index contributed by atoms with van der Waals surface area (Å²) >= 11 is -0.139. The van der Waals surface area contributed by atoms with Crippen LogP contribution in [0.5, 0.6) is 0 Å². The Labute approximate surface area is 59.9 Å². The SMILES string of the molecule is [CH-]=C.[Cl][Yb][Cl]. The van der Waals surface area contributed by atoms with E-state index in [9.17, 15) is 0 Å². The number of rotatable bonds is 0. The second-order valence-electron chi connectivity index (χ2n) is 0.0382. The zero-order valence-corrected chi connectivity index (χ0v) is 5.53. The molecule has 0 saturated carbocycles. The number of hydrogen-bond donors (Lipinski definition) is 0. The molecule has 0 spiro atoms. The second-order valence-corrected chi connectivity index (χ2v) is 2.55. The molecule has 0 rings (SSSR count). The van der Waals surface area contributed by atoms with E-state index in [4.69, 9.17) is 9.27 Å².